The first-order valence-corrected chi connectivity index (χ1v) is 7.32. The van der Waals surface area contributed by atoms with Crippen LogP contribution in [-0.2, 0) is 4.79 Å². The number of rotatable bonds is 4. The van der Waals surface area contributed by atoms with E-state index in [4.69, 9.17) is 5.73 Å². The predicted octanol–water partition coefficient (Wildman–Crippen LogP) is 0.595. The number of carboxylic acids is 1. The second kappa shape index (κ2) is 5.77. The molecular formula is C14H27N3O2. The zero-order valence-electron chi connectivity index (χ0n) is 12.1. The first-order chi connectivity index (χ1) is 8.90. The van der Waals surface area contributed by atoms with Gasteiger partial charge in [-0.05, 0) is 65.2 Å². The van der Waals surface area contributed by atoms with E-state index < -0.39 is 11.5 Å². The number of nitrogens with two attached hydrogens (primary N) is 1. The number of hydrogen-bond acceptors (Lipinski definition) is 4. The Kier molecular flexibility index (Phi) is 4.48. The molecular weight excluding hydrogens is 242 g/mol. The highest BCUT2D eigenvalue weighted by Crippen LogP contribution is 2.32. The largest absolute Gasteiger partial charge is 0.480 e. The summed E-state index contributed by atoms with van der Waals surface area (Å²) in [6, 6.07) is 0.334. The SMILES string of the molecule is CN1CCC(CN(C)C2CCC(N)(C(=O)O)C2)CC1. The van der Waals surface area contributed by atoms with Crippen molar-refractivity contribution in [1.29, 1.82) is 0 Å². The van der Waals surface area contributed by atoms with E-state index in [1.807, 2.05) is 0 Å². The lowest BCUT2D eigenvalue weighted by atomic mass is 9.95. The van der Waals surface area contributed by atoms with Gasteiger partial charge >= 0.3 is 5.97 Å². The number of nitrogens with zero attached hydrogens (tertiary/aromatic N) is 2. The highest BCUT2D eigenvalue weighted by Gasteiger charge is 2.43. The van der Waals surface area contributed by atoms with E-state index in [0.29, 0.717) is 18.9 Å². The van der Waals surface area contributed by atoms with Crippen molar-refractivity contribution in [1.82, 2.24) is 9.80 Å². The first kappa shape index (κ1) is 14.8. The summed E-state index contributed by atoms with van der Waals surface area (Å²) < 4.78 is 0. The van der Waals surface area contributed by atoms with E-state index in [1.165, 1.54) is 25.9 Å². The Hall–Kier alpha value is -0.650. The van der Waals surface area contributed by atoms with Gasteiger partial charge in [-0.3, -0.25) is 4.79 Å². The molecule has 0 radical (unpaired) electrons. The summed E-state index contributed by atoms with van der Waals surface area (Å²) in [6.45, 7) is 3.44. The van der Waals surface area contributed by atoms with E-state index in [1.54, 1.807) is 0 Å². The lowest BCUT2D eigenvalue weighted by Gasteiger charge is -2.34. The van der Waals surface area contributed by atoms with Crippen molar-refractivity contribution in [2.75, 3.05) is 33.7 Å². The molecule has 1 aliphatic heterocycles. The number of aliphatic carboxylic acids is 1. The van der Waals surface area contributed by atoms with Crippen LogP contribution in [0.15, 0.2) is 0 Å². The molecule has 0 aromatic rings. The van der Waals surface area contributed by atoms with Crippen molar-refractivity contribution in [3.05, 3.63) is 0 Å². The van der Waals surface area contributed by atoms with Crippen LogP contribution < -0.4 is 5.73 Å². The van der Waals surface area contributed by atoms with Gasteiger partial charge in [-0.1, -0.05) is 0 Å². The van der Waals surface area contributed by atoms with Crippen LogP contribution in [0.5, 0.6) is 0 Å². The van der Waals surface area contributed by atoms with E-state index in [2.05, 4.69) is 23.9 Å². The van der Waals surface area contributed by atoms with Gasteiger partial charge in [-0.15, -0.1) is 0 Å². The summed E-state index contributed by atoms with van der Waals surface area (Å²) in [5.41, 5.74) is 4.95. The fourth-order valence-corrected chi connectivity index (χ4v) is 3.42. The Labute approximate surface area is 115 Å². The maximum atomic E-state index is 11.2. The molecule has 2 fully saturated rings. The van der Waals surface area contributed by atoms with Gasteiger partial charge < -0.3 is 20.6 Å². The fraction of sp³-hybridized carbons (Fsp3) is 0.929. The molecule has 110 valence electrons. The number of carboxylic acid groups (broad SMARTS) is 1. The minimum atomic E-state index is -0.994. The number of hydrogen-bond donors (Lipinski definition) is 2. The molecule has 5 nitrogen and oxygen atoms in total. The smallest absolute Gasteiger partial charge is 0.323 e. The molecule has 1 aliphatic carbocycles. The van der Waals surface area contributed by atoms with Crippen molar-refractivity contribution >= 4 is 5.97 Å². The van der Waals surface area contributed by atoms with Crippen LogP contribution in [0.25, 0.3) is 0 Å². The maximum Gasteiger partial charge on any atom is 0.323 e. The summed E-state index contributed by atoms with van der Waals surface area (Å²) in [7, 11) is 4.29. The zero-order chi connectivity index (χ0) is 14.0. The van der Waals surface area contributed by atoms with Crippen LogP contribution in [0.4, 0.5) is 0 Å². The third kappa shape index (κ3) is 3.46. The van der Waals surface area contributed by atoms with Crippen LogP contribution in [0.3, 0.4) is 0 Å². The Balaban J connectivity index is 1.81. The lowest BCUT2D eigenvalue weighted by Crippen LogP contribution is -2.47. The molecule has 0 spiro atoms. The Morgan fingerprint density at radius 1 is 1.42 bits per heavy atom. The van der Waals surface area contributed by atoms with Gasteiger partial charge in [0, 0.05) is 12.6 Å². The second-order valence-electron chi connectivity index (χ2n) is 6.54. The van der Waals surface area contributed by atoms with Crippen LogP contribution >= 0.6 is 0 Å². The summed E-state index contributed by atoms with van der Waals surface area (Å²) in [6.07, 6.45) is 4.60. The second-order valence-corrected chi connectivity index (χ2v) is 6.54. The minimum Gasteiger partial charge on any atom is -0.480 e. The van der Waals surface area contributed by atoms with E-state index in [0.717, 1.165) is 18.9 Å². The highest BCUT2D eigenvalue weighted by atomic mass is 16.4. The Morgan fingerprint density at radius 3 is 2.58 bits per heavy atom. The summed E-state index contributed by atoms with van der Waals surface area (Å²) in [4.78, 5) is 15.9. The molecule has 0 aromatic carbocycles. The van der Waals surface area contributed by atoms with Crippen LogP contribution in [0.2, 0.25) is 0 Å². The molecule has 1 heterocycles. The van der Waals surface area contributed by atoms with Gasteiger partial charge in [0.25, 0.3) is 0 Å². The molecule has 0 bridgehead atoms. The third-order valence-corrected chi connectivity index (χ3v) is 4.96. The van der Waals surface area contributed by atoms with Gasteiger partial charge in [-0.2, -0.15) is 0 Å². The minimum absolute atomic E-state index is 0.334. The van der Waals surface area contributed by atoms with Gasteiger partial charge in [0.1, 0.15) is 5.54 Å². The molecule has 2 rings (SSSR count). The quantitative estimate of drug-likeness (QED) is 0.782. The van der Waals surface area contributed by atoms with E-state index in [-0.39, 0.29) is 0 Å². The predicted molar refractivity (Wildman–Crippen MR) is 75.0 cm³/mol. The number of likely N-dealkylation sites (tertiary alicyclic amines) is 1. The van der Waals surface area contributed by atoms with Crippen molar-refractivity contribution in [2.45, 2.75) is 43.7 Å². The lowest BCUT2D eigenvalue weighted by molar-refractivity contribution is -0.143. The third-order valence-electron chi connectivity index (χ3n) is 4.96. The number of piperidine rings is 1. The van der Waals surface area contributed by atoms with Crippen LogP contribution in [0, 0.1) is 5.92 Å². The monoisotopic (exact) mass is 269 g/mol. The molecule has 1 saturated carbocycles. The molecule has 0 amide bonds. The number of carbonyl (C=O) groups is 1. The summed E-state index contributed by atoms with van der Waals surface area (Å²) in [5, 5.41) is 9.17. The van der Waals surface area contributed by atoms with Crippen molar-refractivity contribution in [2.24, 2.45) is 11.7 Å². The van der Waals surface area contributed by atoms with Gasteiger partial charge in [0.15, 0.2) is 0 Å². The Bertz CT molecular complexity index is 329. The van der Waals surface area contributed by atoms with Crippen LogP contribution in [0.1, 0.15) is 32.1 Å². The zero-order valence-corrected chi connectivity index (χ0v) is 12.1. The van der Waals surface area contributed by atoms with Gasteiger partial charge in [0.2, 0.25) is 0 Å². The Morgan fingerprint density at radius 2 is 2.05 bits per heavy atom. The average molecular weight is 269 g/mol. The molecule has 2 unspecified atom stereocenters. The van der Waals surface area contributed by atoms with Crippen molar-refractivity contribution < 1.29 is 9.90 Å². The maximum absolute atomic E-state index is 11.2. The van der Waals surface area contributed by atoms with Crippen molar-refractivity contribution in [3.63, 3.8) is 0 Å². The molecule has 2 aliphatic rings. The molecule has 1 saturated heterocycles. The summed E-state index contributed by atoms with van der Waals surface area (Å²) >= 11 is 0. The molecule has 0 aromatic heterocycles. The standard InChI is InChI=1S/C14H27N3O2/c1-16-7-4-11(5-8-16)10-17(2)12-3-6-14(15,9-12)13(18)19/h11-12H,3-10,15H2,1-2H3,(H,18,19). The topological polar surface area (TPSA) is 69.8 Å². The normalized spacial score (nSPS) is 34.0. The first-order valence-electron chi connectivity index (χ1n) is 7.32. The highest BCUT2D eigenvalue weighted by molar-refractivity contribution is 5.79. The van der Waals surface area contributed by atoms with Crippen LogP contribution in [-0.4, -0.2) is 66.2 Å². The molecule has 19 heavy (non-hydrogen) atoms. The fourth-order valence-electron chi connectivity index (χ4n) is 3.42. The van der Waals surface area contributed by atoms with E-state index in [9.17, 15) is 9.90 Å². The van der Waals surface area contributed by atoms with Crippen molar-refractivity contribution in [3.8, 4) is 0 Å². The summed E-state index contributed by atoms with van der Waals surface area (Å²) in [5.74, 6) is -0.0958. The van der Waals surface area contributed by atoms with Gasteiger partial charge in [-0.25, -0.2) is 0 Å². The molecule has 2 atom stereocenters. The van der Waals surface area contributed by atoms with Gasteiger partial charge in [0.05, 0.1) is 0 Å². The molecule has 3 N–H and O–H groups in total. The van der Waals surface area contributed by atoms with E-state index >= 15 is 0 Å². The molecule has 5 heteroatoms. The average Bonchev–Trinajstić information content (AvgIpc) is 2.76.